The topological polar surface area (TPSA) is 0 Å². The molecule has 3 heteroatoms. The van der Waals surface area contributed by atoms with Gasteiger partial charge in [0.25, 0.3) is 0 Å². The molecule has 8 rings (SSSR count). The average molecular weight is 544 g/mol. The largest absolute Gasteiger partial charge is 0.134 e. The molecule has 180 valence electrons. The van der Waals surface area contributed by atoms with Gasteiger partial charge in [0.05, 0.1) is 15.1 Å². The molecule has 0 saturated carbocycles. The van der Waals surface area contributed by atoms with E-state index in [0.717, 1.165) is 20.1 Å². The van der Waals surface area contributed by atoms with Crippen molar-refractivity contribution < 1.29 is 0 Å². The maximum atomic E-state index is 7.19. The van der Waals surface area contributed by atoms with Gasteiger partial charge in [0.15, 0.2) is 0 Å². The molecule has 0 bridgehead atoms. The van der Waals surface area contributed by atoms with Crippen molar-refractivity contribution in [3.63, 3.8) is 0 Å². The second-order valence-corrected chi connectivity index (χ2v) is 11.8. The molecular formula is C35H20Cl2S. The molecule has 0 unspecified atom stereocenters. The third-order valence-corrected chi connectivity index (χ3v) is 10.00. The number of hydrogen-bond acceptors (Lipinski definition) is 1. The molecule has 6 aromatic carbocycles. The first-order valence-electron chi connectivity index (χ1n) is 12.7. The molecule has 0 N–H and O–H groups in total. The third-order valence-electron chi connectivity index (χ3n) is 8.07. The Hall–Kier alpha value is -3.62. The fourth-order valence-electron chi connectivity index (χ4n) is 6.62. The molecule has 0 nitrogen and oxygen atoms in total. The molecule has 0 spiro atoms. The average Bonchev–Trinajstić information content (AvgIpc) is 3.49. The van der Waals surface area contributed by atoms with Crippen LogP contribution < -0.4 is 0 Å². The predicted octanol–water partition coefficient (Wildman–Crippen LogP) is 10.9. The maximum Gasteiger partial charge on any atom is 0.0715 e. The first-order valence-corrected chi connectivity index (χ1v) is 14.2. The van der Waals surface area contributed by atoms with Crippen LogP contribution in [0.3, 0.4) is 0 Å². The van der Waals surface area contributed by atoms with E-state index in [4.69, 9.17) is 23.2 Å². The van der Waals surface area contributed by atoms with Crippen LogP contribution in [-0.4, -0.2) is 0 Å². The molecule has 0 atom stereocenters. The molecule has 1 aliphatic carbocycles. The lowest BCUT2D eigenvalue weighted by atomic mass is 9.67. The molecule has 1 aromatic heterocycles. The lowest BCUT2D eigenvalue weighted by Gasteiger charge is -2.34. The Kier molecular flexibility index (Phi) is 4.82. The van der Waals surface area contributed by atoms with E-state index >= 15 is 0 Å². The van der Waals surface area contributed by atoms with Crippen molar-refractivity contribution in [2.75, 3.05) is 0 Å². The molecule has 0 amide bonds. The van der Waals surface area contributed by atoms with Crippen LogP contribution in [0, 0.1) is 0 Å². The number of benzene rings is 6. The summed E-state index contributed by atoms with van der Waals surface area (Å²) in [5.74, 6) is 0. The van der Waals surface area contributed by atoms with Gasteiger partial charge >= 0.3 is 0 Å². The zero-order valence-electron chi connectivity index (χ0n) is 20.2. The van der Waals surface area contributed by atoms with E-state index in [9.17, 15) is 0 Å². The van der Waals surface area contributed by atoms with Gasteiger partial charge in [0.2, 0.25) is 0 Å². The molecule has 1 heterocycles. The second-order valence-electron chi connectivity index (χ2n) is 9.89. The van der Waals surface area contributed by atoms with E-state index in [2.05, 4.69) is 121 Å². The Morgan fingerprint density at radius 1 is 0.500 bits per heavy atom. The zero-order valence-corrected chi connectivity index (χ0v) is 22.5. The fourth-order valence-corrected chi connectivity index (χ4v) is 8.33. The van der Waals surface area contributed by atoms with Crippen molar-refractivity contribution in [1.29, 1.82) is 0 Å². The molecular weight excluding hydrogens is 523 g/mol. The van der Waals surface area contributed by atoms with Crippen LogP contribution in [-0.2, 0) is 5.41 Å². The monoisotopic (exact) mass is 542 g/mol. The molecule has 0 fully saturated rings. The minimum absolute atomic E-state index is 0.568. The van der Waals surface area contributed by atoms with Gasteiger partial charge < -0.3 is 0 Å². The number of fused-ring (bicyclic) bond motifs is 9. The fraction of sp³-hybridized carbons (Fsp3) is 0.0286. The third kappa shape index (κ3) is 2.82. The Bertz CT molecular complexity index is 2000. The van der Waals surface area contributed by atoms with Crippen LogP contribution in [0.25, 0.3) is 42.1 Å². The van der Waals surface area contributed by atoms with Gasteiger partial charge in [-0.05, 0) is 57.0 Å². The van der Waals surface area contributed by atoms with E-state index in [1.807, 2.05) is 0 Å². The van der Waals surface area contributed by atoms with Gasteiger partial charge in [0, 0.05) is 25.9 Å². The van der Waals surface area contributed by atoms with Gasteiger partial charge in [-0.25, -0.2) is 0 Å². The SMILES string of the molecule is Clc1cc2c(c3ccccc13)-c1c(cc(Cl)c3sc4ccccc4c13)C2(c1ccccc1)c1ccccc1. The zero-order chi connectivity index (χ0) is 25.4. The molecule has 0 saturated heterocycles. The highest BCUT2D eigenvalue weighted by molar-refractivity contribution is 7.26. The van der Waals surface area contributed by atoms with Gasteiger partial charge in [-0.1, -0.05) is 126 Å². The minimum Gasteiger partial charge on any atom is -0.134 e. The van der Waals surface area contributed by atoms with E-state index < -0.39 is 5.41 Å². The van der Waals surface area contributed by atoms with Crippen molar-refractivity contribution in [3.05, 3.63) is 154 Å². The number of hydrogen-bond donors (Lipinski definition) is 0. The van der Waals surface area contributed by atoms with Crippen LogP contribution >= 0.6 is 34.5 Å². The summed E-state index contributed by atoms with van der Waals surface area (Å²) in [6.07, 6.45) is 0. The molecule has 0 aliphatic heterocycles. The summed E-state index contributed by atoms with van der Waals surface area (Å²) in [4.78, 5) is 0. The molecule has 7 aromatic rings. The summed E-state index contributed by atoms with van der Waals surface area (Å²) in [5, 5.41) is 6.27. The highest BCUT2D eigenvalue weighted by atomic mass is 35.5. The van der Waals surface area contributed by atoms with Crippen LogP contribution in [0.4, 0.5) is 0 Å². The van der Waals surface area contributed by atoms with E-state index in [-0.39, 0.29) is 0 Å². The van der Waals surface area contributed by atoms with Crippen LogP contribution in [0.15, 0.2) is 121 Å². The summed E-state index contributed by atoms with van der Waals surface area (Å²) < 4.78 is 2.38. The minimum atomic E-state index is -0.568. The van der Waals surface area contributed by atoms with E-state index in [1.54, 1.807) is 11.3 Å². The molecule has 0 radical (unpaired) electrons. The quantitative estimate of drug-likeness (QED) is 0.203. The summed E-state index contributed by atoms with van der Waals surface area (Å²) in [7, 11) is 0. The van der Waals surface area contributed by atoms with Gasteiger partial charge in [-0.3, -0.25) is 0 Å². The Morgan fingerprint density at radius 2 is 1.03 bits per heavy atom. The lowest BCUT2D eigenvalue weighted by molar-refractivity contribution is 0.770. The summed E-state index contributed by atoms with van der Waals surface area (Å²) >= 11 is 16.0. The molecule has 1 aliphatic rings. The normalized spacial score (nSPS) is 13.7. The first kappa shape index (κ1) is 22.4. The summed E-state index contributed by atoms with van der Waals surface area (Å²) in [5.41, 5.74) is 6.75. The maximum absolute atomic E-state index is 7.19. The van der Waals surface area contributed by atoms with E-state index in [0.29, 0.717) is 0 Å². The summed E-state index contributed by atoms with van der Waals surface area (Å²) in [6, 6.07) is 43.2. The number of halogens is 2. The Morgan fingerprint density at radius 3 is 1.71 bits per heavy atom. The lowest BCUT2D eigenvalue weighted by Crippen LogP contribution is -2.28. The van der Waals surface area contributed by atoms with Crippen LogP contribution in [0.5, 0.6) is 0 Å². The predicted molar refractivity (Wildman–Crippen MR) is 164 cm³/mol. The number of thiophene rings is 1. The second kappa shape index (κ2) is 8.19. The van der Waals surface area contributed by atoms with Crippen molar-refractivity contribution in [2.24, 2.45) is 0 Å². The Labute approximate surface area is 234 Å². The van der Waals surface area contributed by atoms with Crippen molar-refractivity contribution in [1.82, 2.24) is 0 Å². The van der Waals surface area contributed by atoms with Crippen molar-refractivity contribution in [3.8, 4) is 11.1 Å². The van der Waals surface area contributed by atoms with Crippen LogP contribution in [0.2, 0.25) is 10.0 Å². The van der Waals surface area contributed by atoms with Gasteiger partial charge in [-0.15, -0.1) is 11.3 Å². The highest BCUT2D eigenvalue weighted by Crippen LogP contribution is 2.62. The number of rotatable bonds is 2. The van der Waals surface area contributed by atoms with Gasteiger partial charge in [-0.2, -0.15) is 0 Å². The van der Waals surface area contributed by atoms with Crippen molar-refractivity contribution in [2.45, 2.75) is 5.41 Å². The standard InChI is InChI=1S/C35H20Cl2S/c36-28-19-26-31(24-16-8-7-15-23(24)28)33-27(20-29(37)34-32(33)25-17-9-10-18-30(25)38-34)35(26,21-11-3-1-4-12-21)22-13-5-2-6-14-22/h1-20H. The van der Waals surface area contributed by atoms with Gasteiger partial charge in [0.1, 0.15) is 0 Å². The Balaban J connectivity index is 1.70. The van der Waals surface area contributed by atoms with Crippen LogP contribution in [0.1, 0.15) is 22.3 Å². The van der Waals surface area contributed by atoms with E-state index in [1.165, 1.54) is 54.2 Å². The smallest absolute Gasteiger partial charge is 0.0715 e. The molecule has 38 heavy (non-hydrogen) atoms. The highest BCUT2D eigenvalue weighted by Gasteiger charge is 2.48. The first-order chi connectivity index (χ1) is 18.7. The summed E-state index contributed by atoms with van der Waals surface area (Å²) in [6.45, 7) is 0. The van der Waals surface area contributed by atoms with Crippen molar-refractivity contribution >= 4 is 65.5 Å².